The van der Waals surface area contributed by atoms with Crippen molar-refractivity contribution in [1.82, 2.24) is 9.71 Å². The van der Waals surface area contributed by atoms with Crippen molar-refractivity contribution in [2.24, 2.45) is 11.7 Å². The van der Waals surface area contributed by atoms with E-state index >= 15 is 0 Å². The first-order valence-electron chi connectivity index (χ1n) is 6.23. The van der Waals surface area contributed by atoms with Gasteiger partial charge in [-0.25, -0.2) is 13.2 Å². The lowest BCUT2D eigenvalue weighted by Crippen LogP contribution is -2.47. The van der Waals surface area contributed by atoms with Gasteiger partial charge in [0.2, 0.25) is 15.9 Å². The molecule has 8 nitrogen and oxygen atoms in total. The molecule has 9 heteroatoms. The van der Waals surface area contributed by atoms with Gasteiger partial charge in [-0.1, -0.05) is 13.8 Å². The number of carbonyl (C=O) groups excluding carboxylic acids is 1. The van der Waals surface area contributed by atoms with Crippen LogP contribution in [0.4, 0.5) is 0 Å². The van der Waals surface area contributed by atoms with Gasteiger partial charge in [0, 0.05) is 11.3 Å². The minimum absolute atomic E-state index is 0.0828. The summed E-state index contributed by atoms with van der Waals surface area (Å²) in [5.41, 5.74) is 5.25. The molecular weight excluding hydrogens is 298 g/mol. The molecule has 1 atom stereocenters. The predicted octanol–water partition coefficient (Wildman–Crippen LogP) is 0.118. The van der Waals surface area contributed by atoms with E-state index in [1.165, 1.54) is 13.8 Å². The van der Waals surface area contributed by atoms with Crippen molar-refractivity contribution in [2.45, 2.75) is 38.6 Å². The van der Waals surface area contributed by atoms with E-state index in [2.05, 4.69) is 9.71 Å². The molecule has 5 N–H and O–H groups in total. The molecule has 0 aromatic carbocycles. The van der Waals surface area contributed by atoms with Crippen LogP contribution in [0.1, 0.15) is 35.6 Å². The monoisotopic (exact) mass is 317 g/mol. The Bertz CT molecular complexity index is 675. The highest BCUT2D eigenvalue weighted by Gasteiger charge is 2.31. The zero-order valence-corrected chi connectivity index (χ0v) is 13.0. The molecule has 21 heavy (non-hydrogen) atoms. The molecule has 0 bridgehead atoms. The van der Waals surface area contributed by atoms with Crippen molar-refractivity contribution in [3.05, 3.63) is 17.0 Å². The molecule has 0 saturated carbocycles. The Morgan fingerprint density at radius 3 is 2.14 bits per heavy atom. The smallest absolute Gasteiger partial charge is 0.352 e. The quantitative estimate of drug-likeness (QED) is 0.589. The lowest BCUT2D eigenvalue weighted by atomic mass is 10.1. The summed E-state index contributed by atoms with van der Waals surface area (Å²) in [7, 11) is -4.07. The Labute approximate surface area is 122 Å². The second-order valence-electron chi connectivity index (χ2n) is 5.13. The molecule has 1 rings (SSSR count). The second kappa shape index (κ2) is 5.86. The molecule has 1 aromatic heterocycles. The number of nitrogens with two attached hydrogens (primary N) is 1. The van der Waals surface area contributed by atoms with Crippen LogP contribution in [0.3, 0.4) is 0 Å². The third-order valence-electron chi connectivity index (χ3n) is 3.11. The number of nitrogens with one attached hydrogen (secondary N) is 2. The van der Waals surface area contributed by atoms with Gasteiger partial charge in [0.25, 0.3) is 0 Å². The van der Waals surface area contributed by atoms with E-state index < -0.39 is 27.9 Å². The van der Waals surface area contributed by atoms with E-state index in [1.807, 2.05) is 0 Å². The molecule has 0 aliphatic carbocycles. The maximum absolute atomic E-state index is 12.4. The third kappa shape index (κ3) is 3.42. The van der Waals surface area contributed by atoms with Gasteiger partial charge in [-0.05, 0) is 19.8 Å². The molecule has 1 aromatic rings. The number of carboxylic acid groups (broad SMARTS) is 1. The highest BCUT2D eigenvalue weighted by atomic mass is 32.2. The number of hydrogen-bond acceptors (Lipinski definition) is 4. The number of rotatable bonds is 6. The fourth-order valence-electron chi connectivity index (χ4n) is 2.10. The standard InChI is InChI=1S/C12H19N3O5S/c1-5(2)8(11(13)16)15-21(19,20)10-6(3)9(12(17)18)14-7(10)4/h5,8,14-15H,1-4H3,(H2,13,16)(H,17,18). The minimum Gasteiger partial charge on any atom is -0.477 e. The number of H-pyrrole nitrogens is 1. The van der Waals surface area contributed by atoms with Crippen LogP contribution >= 0.6 is 0 Å². The van der Waals surface area contributed by atoms with E-state index in [-0.39, 0.29) is 27.8 Å². The number of amides is 1. The fourth-order valence-corrected chi connectivity index (χ4v) is 3.90. The van der Waals surface area contributed by atoms with Crippen LogP contribution in [0, 0.1) is 19.8 Å². The zero-order chi connectivity index (χ0) is 16.5. The summed E-state index contributed by atoms with van der Waals surface area (Å²) >= 11 is 0. The number of aryl methyl sites for hydroxylation is 1. The molecule has 0 spiro atoms. The van der Waals surface area contributed by atoms with Gasteiger partial charge in [-0.2, -0.15) is 4.72 Å². The normalized spacial score (nSPS) is 13.4. The molecule has 1 amide bonds. The van der Waals surface area contributed by atoms with Crippen LogP contribution in [-0.4, -0.2) is 36.4 Å². The Morgan fingerprint density at radius 2 is 1.81 bits per heavy atom. The van der Waals surface area contributed by atoms with Crippen LogP contribution in [0.2, 0.25) is 0 Å². The third-order valence-corrected chi connectivity index (χ3v) is 4.82. The Kier molecular flexibility index (Phi) is 4.79. The largest absolute Gasteiger partial charge is 0.477 e. The minimum atomic E-state index is -4.07. The number of carbonyl (C=O) groups is 2. The number of hydrogen-bond donors (Lipinski definition) is 4. The highest BCUT2D eigenvalue weighted by molar-refractivity contribution is 7.89. The number of carboxylic acids is 1. The zero-order valence-electron chi connectivity index (χ0n) is 12.2. The van der Waals surface area contributed by atoms with Gasteiger partial charge < -0.3 is 15.8 Å². The van der Waals surface area contributed by atoms with Crippen molar-refractivity contribution in [2.75, 3.05) is 0 Å². The molecule has 1 unspecified atom stereocenters. The molecular formula is C12H19N3O5S. The SMILES string of the molecule is Cc1[nH]c(C(=O)O)c(C)c1S(=O)(=O)NC(C(N)=O)C(C)C. The van der Waals surface area contributed by atoms with Crippen molar-refractivity contribution in [3.8, 4) is 0 Å². The second-order valence-corrected chi connectivity index (χ2v) is 6.78. The molecule has 1 heterocycles. The highest BCUT2D eigenvalue weighted by Crippen LogP contribution is 2.23. The van der Waals surface area contributed by atoms with Gasteiger partial charge in [-0.15, -0.1) is 0 Å². The molecule has 0 aliphatic rings. The Hall–Kier alpha value is -1.87. The summed E-state index contributed by atoms with van der Waals surface area (Å²) in [6.07, 6.45) is 0. The molecule has 0 radical (unpaired) electrons. The van der Waals surface area contributed by atoms with Gasteiger partial charge in [0.1, 0.15) is 16.6 Å². The maximum Gasteiger partial charge on any atom is 0.352 e. The average Bonchev–Trinajstić information content (AvgIpc) is 2.61. The van der Waals surface area contributed by atoms with Crippen LogP contribution in [-0.2, 0) is 14.8 Å². The number of aromatic amines is 1. The Morgan fingerprint density at radius 1 is 1.29 bits per heavy atom. The van der Waals surface area contributed by atoms with Crippen LogP contribution in [0.25, 0.3) is 0 Å². The van der Waals surface area contributed by atoms with E-state index in [0.29, 0.717) is 0 Å². The number of sulfonamides is 1. The maximum atomic E-state index is 12.4. The molecule has 0 aliphatic heterocycles. The summed E-state index contributed by atoms with van der Waals surface area (Å²) in [6.45, 7) is 6.13. The predicted molar refractivity (Wildman–Crippen MR) is 75.4 cm³/mol. The molecule has 118 valence electrons. The van der Waals surface area contributed by atoms with E-state index in [0.717, 1.165) is 0 Å². The summed E-state index contributed by atoms with van der Waals surface area (Å²) < 4.78 is 27.0. The van der Waals surface area contributed by atoms with Crippen molar-refractivity contribution in [1.29, 1.82) is 0 Å². The number of aromatic carboxylic acids is 1. The molecule has 0 fully saturated rings. The van der Waals surface area contributed by atoms with Crippen molar-refractivity contribution >= 4 is 21.9 Å². The topological polar surface area (TPSA) is 142 Å². The van der Waals surface area contributed by atoms with Gasteiger partial charge in [0.15, 0.2) is 0 Å². The Balaban J connectivity index is 3.32. The number of primary amides is 1. The van der Waals surface area contributed by atoms with Gasteiger partial charge in [0.05, 0.1) is 0 Å². The number of aromatic nitrogens is 1. The summed E-state index contributed by atoms with van der Waals surface area (Å²) in [4.78, 5) is 24.7. The van der Waals surface area contributed by atoms with E-state index in [1.54, 1.807) is 13.8 Å². The van der Waals surface area contributed by atoms with Crippen LogP contribution in [0.15, 0.2) is 4.90 Å². The summed E-state index contributed by atoms with van der Waals surface area (Å²) in [6, 6.07) is -1.07. The summed E-state index contributed by atoms with van der Waals surface area (Å²) in [5, 5.41) is 9.01. The summed E-state index contributed by atoms with van der Waals surface area (Å²) in [5.74, 6) is -2.39. The first-order chi connectivity index (χ1) is 9.49. The first-order valence-corrected chi connectivity index (χ1v) is 7.71. The van der Waals surface area contributed by atoms with E-state index in [4.69, 9.17) is 10.8 Å². The van der Waals surface area contributed by atoms with Crippen LogP contribution < -0.4 is 10.5 Å². The van der Waals surface area contributed by atoms with Crippen molar-refractivity contribution < 1.29 is 23.1 Å². The van der Waals surface area contributed by atoms with E-state index in [9.17, 15) is 18.0 Å². The first kappa shape index (κ1) is 17.2. The van der Waals surface area contributed by atoms with Gasteiger partial charge >= 0.3 is 5.97 Å². The molecule has 0 saturated heterocycles. The lowest BCUT2D eigenvalue weighted by Gasteiger charge is -2.19. The van der Waals surface area contributed by atoms with Crippen LogP contribution in [0.5, 0.6) is 0 Å². The average molecular weight is 317 g/mol. The van der Waals surface area contributed by atoms with Gasteiger partial charge in [-0.3, -0.25) is 4.79 Å². The fraction of sp³-hybridized carbons (Fsp3) is 0.500. The lowest BCUT2D eigenvalue weighted by molar-refractivity contribution is -0.120. The van der Waals surface area contributed by atoms with Crippen molar-refractivity contribution in [3.63, 3.8) is 0 Å².